The molecule has 1 amide bonds. The highest BCUT2D eigenvalue weighted by atomic mass is 16.5. The number of amides is 1. The van der Waals surface area contributed by atoms with Crippen molar-refractivity contribution in [3.05, 3.63) is 59.9 Å². The molecule has 1 aliphatic heterocycles. The van der Waals surface area contributed by atoms with Crippen LogP contribution < -0.4 is 4.74 Å². The molecule has 138 valence electrons. The first-order chi connectivity index (χ1) is 13.2. The van der Waals surface area contributed by atoms with Crippen molar-refractivity contribution in [1.82, 2.24) is 20.3 Å². The number of aromatic nitrogens is 3. The molecule has 1 fully saturated rings. The van der Waals surface area contributed by atoms with Crippen LogP contribution in [0.2, 0.25) is 0 Å². The van der Waals surface area contributed by atoms with Crippen molar-refractivity contribution in [3.63, 3.8) is 0 Å². The molecule has 27 heavy (non-hydrogen) atoms. The summed E-state index contributed by atoms with van der Waals surface area (Å²) in [5, 5.41) is 12.0. The fraction of sp³-hybridized carbons (Fsp3) is 0.300. The molecule has 3 heterocycles. The number of nitrogens with zero attached hydrogens (tertiary/aromatic N) is 4. The van der Waals surface area contributed by atoms with Crippen molar-refractivity contribution in [1.29, 1.82) is 0 Å². The second kappa shape index (κ2) is 7.57. The Labute approximate surface area is 157 Å². The average molecular weight is 364 g/mol. The predicted octanol–water partition coefficient (Wildman–Crippen LogP) is 3.12. The molecule has 0 aliphatic carbocycles. The van der Waals surface area contributed by atoms with Gasteiger partial charge in [0.25, 0.3) is 5.91 Å². The van der Waals surface area contributed by atoms with Gasteiger partial charge in [-0.2, -0.15) is 5.10 Å². The first kappa shape index (κ1) is 17.2. The van der Waals surface area contributed by atoms with Crippen LogP contribution in [0, 0.1) is 6.92 Å². The van der Waals surface area contributed by atoms with E-state index in [2.05, 4.69) is 15.4 Å². The fourth-order valence-electron chi connectivity index (χ4n) is 3.12. The molecule has 1 aromatic carbocycles. The molecule has 1 atom stereocenters. The molecule has 0 radical (unpaired) electrons. The standard InChI is InChI=1S/C20H20N4O3/c1-14-9-10-19(22-21-14)26-16-8-5-11-24(13-16)20(25)17-12-18(27-23-17)15-6-3-2-4-7-15/h2-4,6-7,9-10,12,16H,5,8,11,13H2,1H3. The highest BCUT2D eigenvalue weighted by molar-refractivity contribution is 5.93. The highest BCUT2D eigenvalue weighted by Crippen LogP contribution is 2.22. The van der Waals surface area contributed by atoms with Gasteiger partial charge in [-0.25, -0.2) is 0 Å². The zero-order chi connectivity index (χ0) is 18.6. The monoisotopic (exact) mass is 364 g/mol. The molecule has 7 heteroatoms. The maximum absolute atomic E-state index is 12.8. The molecule has 3 aromatic rings. The normalized spacial score (nSPS) is 16.9. The van der Waals surface area contributed by atoms with E-state index in [0.29, 0.717) is 30.4 Å². The van der Waals surface area contributed by atoms with Gasteiger partial charge >= 0.3 is 0 Å². The van der Waals surface area contributed by atoms with Gasteiger partial charge in [-0.1, -0.05) is 35.5 Å². The number of ether oxygens (including phenoxy) is 1. The summed E-state index contributed by atoms with van der Waals surface area (Å²) in [6.45, 7) is 3.03. The summed E-state index contributed by atoms with van der Waals surface area (Å²) in [5.74, 6) is 0.913. The predicted molar refractivity (Wildman–Crippen MR) is 98.3 cm³/mol. The minimum absolute atomic E-state index is 0.111. The van der Waals surface area contributed by atoms with E-state index in [1.807, 2.05) is 43.3 Å². The van der Waals surface area contributed by atoms with Crippen molar-refractivity contribution in [2.24, 2.45) is 0 Å². The van der Waals surface area contributed by atoms with E-state index in [1.165, 1.54) is 0 Å². The number of aryl methyl sites for hydroxylation is 1. The quantitative estimate of drug-likeness (QED) is 0.707. The zero-order valence-corrected chi connectivity index (χ0v) is 15.0. The Balaban J connectivity index is 1.43. The van der Waals surface area contributed by atoms with Crippen molar-refractivity contribution >= 4 is 5.91 Å². The summed E-state index contributed by atoms with van der Waals surface area (Å²) in [5.41, 5.74) is 2.04. The lowest BCUT2D eigenvalue weighted by molar-refractivity contribution is 0.0516. The lowest BCUT2D eigenvalue weighted by Gasteiger charge is -2.32. The largest absolute Gasteiger partial charge is 0.471 e. The Morgan fingerprint density at radius 2 is 2.04 bits per heavy atom. The Kier molecular flexibility index (Phi) is 4.82. The van der Waals surface area contributed by atoms with Gasteiger partial charge in [0.1, 0.15) is 6.10 Å². The first-order valence-electron chi connectivity index (χ1n) is 8.97. The number of piperidine rings is 1. The van der Waals surface area contributed by atoms with Gasteiger partial charge in [0.2, 0.25) is 5.88 Å². The SMILES string of the molecule is Cc1ccc(OC2CCCN(C(=O)c3cc(-c4ccccc4)on3)C2)nn1. The lowest BCUT2D eigenvalue weighted by atomic mass is 10.1. The summed E-state index contributed by atoms with van der Waals surface area (Å²) in [6, 6.07) is 14.9. The smallest absolute Gasteiger partial charge is 0.276 e. The van der Waals surface area contributed by atoms with Gasteiger partial charge in [-0.3, -0.25) is 4.79 Å². The van der Waals surface area contributed by atoms with Crippen LogP contribution in [0.15, 0.2) is 53.1 Å². The third-order valence-corrected chi connectivity index (χ3v) is 4.51. The van der Waals surface area contributed by atoms with Crippen LogP contribution in [0.3, 0.4) is 0 Å². The van der Waals surface area contributed by atoms with E-state index >= 15 is 0 Å². The van der Waals surface area contributed by atoms with E-state index in [-0.39, 0.29) is 12.0 Å². The molecule has 1 saturated heterocycles. The molecule has 2 aromatic heterocycles. The van der Waals surface area contributed by atoms with Gasteiger partial charge in [0, 0.05) is 24.2 Å². The van der Waals surface area contributed by atoms with Crippen LogP contribution in [0.4, 0.5) is 0 Å². The van der Waals surface area contributed by atoms with Gasteiger partial charge in [-0.05, 0) is 25.8 Å². The van der Waals surface area contributed by atoms with Crippen LogP contribution in [0.25, 0.3) is 11.3 Å². The Morgan fingerprint density at radius 3 is 2.81 bits per heavy atom. The van der Waals surface area contributed by atoms with Gasteiger partial charge < -0.3 is 14.2 Å². The minimum Gasteiger partial charge on any atom is -0.471 e. The zero-order valence-electron chi connectivity index (χ0n) is 15.0. The van der Waals surface area contributed by atoms with E-state index in [4.69, 9.17) is 9.26 Å². The summed E-state index contributed by atoms with van der Waals surface area (Å²) in [7, 11) is 0. The molecular weight excluding hydrogens is 344 g/mol. The van der Waals surface area contributed by atoms with Crippen molar-refractivity contribution in [2.45, 2.75) is 25.9 Å². The van der Waals surface area contributed by atoms with Crippen molar-refractivity contribution < 1.29 is 14.1 Å². The van der Waals surface area contributed by atoms with Crippen LogP contribution in [0.5, 0.6) is 5.88 Å². The van der Waals surface area contributed by atoms with Crippen molar-refractivity contribution in [3.8, 4) is 17.2 Å². The Hall–Kier alpha value is -3.22. The van der Waals surface area contributed by atoms with E-state index in [0.717, 1.165) is 24.1 Å². The number of hydrogen-bond acceptors (Lipinski definition) is 6. The molecule has 0 N–H and O–H groups in total. The molecule has 0 saturated carbocycles. The van der Waals surface area contributed by atoms with Gasteiger partial charge in [0.15, 0.2) is 11.5 Å². The number of carbonyl (C=O) groups excluding carboxylic acids is 1. The second-order valence-electron chi connectivity index (χ2n) is 6.59. The van der Waals surface area contributed by atoms with Crippen LogP contribution >= 0.6 is 0 Å². The molecular formula is C20H20N4O3. The molecule has 7 nitrogen and oxygen atoms in total. The Bertz CT molecular complexity index is 908. The van der Waals surface area contributed by atoms with Crippen LogP contribution in [-0.2, 0) is 0 Å². The van der Waals surface area contributed by atoms with Gasteiger partial charge in [-0.15, -0.1) is 5.10 Å². The van der Waals surface area contributed by atoms with Crippen LogP contribution in [-0.4, -0.2) is 45.4 Å². The van der Waals surface area contributed by atoms with Crippen LogP contribution in [0.1, 0.15) is 29.0 Å². The maximum Gasteiger partial charge on any atom is 0.276 e. The fourth-order valence-corrected chi connectivity index (χ4v) is 3.12. The Morgan fingerprint density at radius 1 is 1.19 bits per heavy atom. The topological polar surface area (TPSA) is 81.4 Å². The maximum atomic E-state index is 12.8. The van der Waals surface area contributed by atoms with Gasteiger partial charge in [0.05, 0.1) is 12.2 Å². The van der Waals surface area contributed by atoms with E-state index in [9.17, 15) is 4.79 Å². The summed E-state index contributed by atoms with van der Waals surface area (Å²) >= 11 is 0. The number of carbonyl (C=O) groups is 1. The number of likely N-dealkylation sites (tertiary alicyclic amines) is 1. The second-order valence-corrected chi connectivity index (χ2v) is 6.59. The summed E-state index contributed by atoms with van der Waals surface area (Å²) in [4.78, 5) is 14.6. The number of rotatable bonds is 4. The molecule has 0 spiro atoms. The number of hydrogen-bond donors (Lipinski definition) is 0. The first-order valence-corrected chi connectivity index (χ1v) is 8.97. The lowest BCUT2D eigenvalue weighted by Crippen LogP contribution is -2.44. The molecule has 0 bridgehead atoms. The minimum atomic E-state index is -0.149. The summed E-state index contributed by atoms with van der Waals surface area (Å²) < 4.78 is 11.2. The third-order valence-electron chi connectivity index (χ3n) is 4.51. The average Bonchev–Trinajstić information content (AvgIpc) is 3.20. The molecule has 4 rings (SSSR count). The molecule has 1 aliphatic rings. The molecule has 1 unspecified atom stereocenters. The van der Waals surface area contributed by atoms with E-state index < -0.39 is 0 Å². The third kappa shape index (κ3) is 3.97. The van der Waals surface area contributed by atoms with Crippen molar-refractivity contribution in [2.75, 3.05) is 13.1 Å². The van der Waals surface area contributed by atoms with E-state index in [1.54, 1.807) is 17.0 Å². The number of benzene rings is 1. The summed E-state index contributed by atoms with van der Waals surface area (Å²) in [6.07, 6.45) is 1.62. The highest BCUT2D eigenvalue weighted by Gasteiger charge is 2.28.